The number of nitrogens with zero attached hydrogens (tertiary/aromatic N) is 1. The number of hydrogen-bond acceptors (Lipinski definition) is 6. The molecule has 6 nitrogen and oxygen atoms in total. The van der Waals surface area contributed by atoms with E-state index in [1.807, 2.05) is 6.92 Å². The molecule has 1 saturated heterocycles. The van der Waals surface area contributed by atoms with E-state index in [0.717, 1.165) is 30.2 Å². The lowest BCUT2D eigenvalue weighted by Crippen LogP contribution is -2.23. The number of aromatic nitrogens is 1. The Morgan fingerprint density at radius 2 is 2.36 bits per heavy atom. The van der Waals surface area contributed by atoms with Gasteiger partial charge in [-0.3, -0.25) is 4.79 Å². The average molecular weight is 324 g/mol. The highest BCUT2D eigenvalue weighted by atomic mass is 32.1. The standard InChI is InChI=1S/C15H20N2O4S/c1-10-13(14(19)16-7-3-6-12(18)20-2)22-15(17-10)11-5-4-8-21-9-11/h3,6,11H,4-5,7-9H2,1-2H3,(H,16,19)/b6-3+. The molecule has 1 aromatic heterocycles. The van der Waals surface area contributed by atoms with Gasteiger partial charge in [0, 0.05) is 25.1 Å². The van der Waals surface area contributed by atoms with Crippen LogP contribution in [0.3, 0.4) is 0 Å². The number of carbonyl (C=O) groups excluding carboxylic acids is 2. The van der Waals surface area contributed by atoms with Crippen molar-refractivity contribution in [2.45, 2.75) is 25.7 Å². The van der Waals surface area contributed by atoms with Crippen molar-refractivity contribution in [3.63, 3.8) is 0 Å². The molecule has 1 N–H and O–H groups in total. The number of esters is 1. The fraction of sp³-hybridized carbons (Fsp3) is 0.533. The van der Waals surface area contributed by atoms with Crippen LogP contribution in [0, 0.1) is 6.92 Å². The zero-order valence-electron chi connectivity index (χ0n) is 12.8. The third-order valence-electron chi connectivity index (χ3n) is 3.36. The summed E-state index contributed by atoms with van der Waals surface area (Å²) < 4.78 is 9.95. The first-order valence-electron chi connectivity index (χ1n) is 7.19. The van der Waals surface area contributed by atoms with E-state index >= 15 is 0 Å². The Hall–Kier alpha value is -1.73. The van der Waals surface area contributed by atoms with Crippen LogP contribution >= 0.6 is 11.3 Å². The Balaban J connectivity index is 1.93. The van der Waals surface area contributed by atoms with Gasteiger partial charge in [0.15, 0.2) is 0 Å². The minimum absolute atomic E-state index is 0.174. The van der Waals surface area contributed by atoms with E-state index in [4.69, 9.17) is 4.74 Å². The molecule has 1 amide bonds. The van der Waals surface area contributed by atoms with E-state index in [2.05, 4.69) is 15.0 Å². The number of thiazole rings is 1. The highest BCUT2D eigenvalue weighted by Crippen LogP contribution is 2.30. The molecular formula is C15H20N2O4S. The fourth-order valence-corrected chi connectivity index (χ4v) is 3.30. The van der Waals surface area contributed by atoms with E-state index in [1.165, 1.54) is 24.5 Å². The smallest absolute Gasteiger partial charge is 0.330 e. The van der Waals surface area contributed by atoms with Crippen molar-refractivity contribution in [2.75, 3.05) is 26.9 Å². The van der Waals surface area contributed by atoms with Crippen LogP contribution in [0.5, 0.6) is 0 Å². The molecule has 7 heteroatoms. The molecule has 0 aliphatic carbocycles. The predicted octanol–water partition coefficient (Wildman–Crippen LogP) is 1.80. The van der Waals surface area contributed by atoms with Gasteiger partial charge in [-0.25, -0.2) is 9.78 Å². The Labute approximate surface area is 133 Å². The molecule has 1 aromatic rings. The second kappa shape index (κ2) is 8.05. The summed E-state index contributed by atoms with van der Waals surface area (Å²) in [6.45, 7) is 3.59. The van der Waals surface area contributed by atoms with E-state index in [1.54, 1.807) is 6.08 Å². The summed E-state index contributed by atoms with van der Waals surface area (Å²) in [4.78, 5) is 28.2. The minimum Gasteiger partial charge on any atom is -0.466 e. The molecule has 0 spiro atoms. The first-order valence-corrected chi connectivity index (χ1v) is 8.01. The summed E-state index contributed by atoms with van der Waals surface area (Å²) in [5.74, 6) is -0.325. The van der Waals surface area contributed by atoms with Gasteiger partial charge in [0.2, 0.25) is 0 Å². The van der Waals surface area contributed by atoms with Crippen LogP contribution in [0.25, 0.3) is 0 Å². The number of amides is 1. The first kappa shape index (κ1) is 16.6. The monoisotopic (exact) mass is 324 g/mol. The predicted molar refractivity (Wildman–Crippen MR) is 83.1 cm³/mol. The van der Waals surface area contributed by atoms with Crippen molar-refractivity contribution in [1.29, 1.82) is 0 Å². The van der Waals surface area contributed by atoms with Crippen LogP contribution in [0.2, 0.25) is 0 Å². The molecule has 1 fully saturated rings. The number of methoxy groups -OCH3 is 1. The zero-order chi connectivity index (χ0) is 15.9. The molecule has 1 atom stereocenters. The summed E-state index contributed by atoms with van der Waals surface area (Å²) in [5, 5.41) is 3.71. The molecule has 1 aliphatic heterocycles. The summed E-state index contributed by atoms with van der Waals surface area (Å²) in [6, 6.07) is 0. The van der Waals surface area contributed by atoms with Crippen LogP contribution in [0.4, 0.5) is 0 Å². The molecule has 1 aliphatic rings. The highest BCUT2D eigenvalue weighted by Gasteiger charge is 2.22. The average Bonchev–Trinajstić information content (AvgIpc) is 2.94. The fourth-order valence-electron chi connectivity index (χ4n) is 2.19. The molecular weight excluding hydrogens is 304 g/mol. The van der Waals surface area contributed by atoms with Crippen molar-refractivity contribution in [3.05, 3.63) is 27.7 Å². The normalized spacial score (nSPS) is 18.4. The molecule has 2 heterocycles. The van der Waals surface area contributed by atoms with Crippen molar-refractivity contribution in [1.82, 2.24) is 10.3 Å². The van der Waals surface area contributed by atoms with E-state index < -0.39 is 5.97 Å². The second-order valence-electron chi connectivity index (χ2n) is 5.02. The lowest BCUT2D eigenvalue weighted by atomic mass is 10.0. The third-order valence-corrected chi connectivity index (χ3v) is 4.68. The maximum absolute atomic E-state index is 12.2. The zero-order valence-corrected chi connectivity index (χ0v) is 13.6. The molecule has 22 heavy (non-hydrogen) atoms. The van der Waals surface area contributed by atoms with Crippen LogP contribution in [0.15, 0.2) is 12.2 Å². The molecule has 0 saturated carbocycles. The van der Waals surface area contributed by atoms with Gasteiger partial charge in [-0.2, -0.15) is 0 Å². The van der Waals surface area contributed by atoms with Gasteiger partial charge in [0.05, 0.1) is 24.4 Å². The van der Waals surface area contributed by atoms with Gasteiger partial charge >= 0.3 is 5.97 Å². The van der Waals surface area contributed by atoms with Gasteiger partial charge < -0.3 is 14.8 Å². The first-order chi connectivity index (χ1) is 10.6. The van der Waals surface area contributed by atoms with E-state index in [-0.39, 0.29) is 12.5 Å². The molecule has 120 valence electrons. The van der Waals surface area contributed by atoms with Crippen molar-refractivity contribution >= 4 is 23.2 Å². The van der Waals surface area contributed by atoms with E-state index in [0.29, 0.717) is 17.4 Å². The molecule has 0 radical (unpaired) electrons. The Bertz CT molecular complexity index is 562. The third kappa shape index (κ3) is 4.38. The van der Waals surface area contributed by atoms with E-state index in [9.17, 15) is 9.59 Å². The van der Waals surface area contributed by atoms with Crippen molar-refractivity contribution < 1.29 is 19.1 Å². The van der Waals surface area contributed by atoms with Crippen LogP contribution in [-0.2, 0) is 14.3 Å². The van der Waals surface area contributed by atoms with Gasteiger partial charge in [-0.05, 0) is 19.8 Å². The maximum atomic E-state index is 12.2. The topological polar surface area (TPSA) is 77.5 Å². The summed E-state index contributed by atoms with van der Waals surface area (Å²) in [6.07, 6.45) is 4.92. The van der Waals surface area contributed by atoms with Gasteiger partial charge in [-0.1, -0.05) is 6.08 Å². The van der Waals surface area contributed by atoms with Gasteiger partial charge in [0.1, 0.15) is 4.88 Å². The summed E-state index contributed by atoms with van der Waals surface area (Å²) >= 11 is 1.42. The van der Waals surface area contributed by atoms with Gasteiger partial charge in [-0.15, -0.1) is 11.3 Å². The maximum Gasteiger partial charge on any atom is 0.330 e. The quantitative estimate of drug-likeness (QED) is 0.660. The second-order valence-corrected chi connectivity index (χ2v) is 6.05. The largest absolute Gasteiger partial charge is 0.466 e. The summed E-state index contributed by atoms with van der Waals surface area (Å²) in [7, 11) is 1.31. The molecule has 2 rings (SSSR count). The Morgan fingerprint density at radius 1 is 1.55 bits per heavy atom. The van der Waals surface area contributed by atoms with Gasteiger partial charge in [0.25, 0.3) is 5.91 Å². The minimum atomic E-state index is -0.442. The van der Waals surface area contributed by atoms with Crippen molar-refractivity contribution in [3.8, 4) is 0 Å². The van der Waals surface area contributed by atoms with Crippen LogP contribution in [-0.4, -0.2) is 43.7 Å². The lowest BCUT2D eigenvalue weighted by Gasteiger charge is -2.19. The molecule has 0 aromatic carbocycles. The number of hydrogen-bond donors (Lipinski definition) is 1. The highest BCUT2D eigenvalue weighted by molar-refractivity contribution is 7.13. The number of carbonyl (C=O) groups is 2. The number of ether oxygens (including phenoxy) is 2. The molecule has 0 bridgehead atoms. The number of nitrogens with one attached hydrogen (secondary N) is 1. The Kier molecular flexibility index (Phi) is 6.09. The van der Waals surface area contributed by atoms with Crippen LogP contribution < -0.4 is 5.32 Å². The van der Waals surface area contributed by atoms with Crippen LogP contribution in [0.1, 0.15) is 39.1 Å². The SMILES string of the molecule is COC(=O)/C=C/CNC(=O)c1sc(C2CCCOC2)nc1C. The number of rotatable bonds is 5. The summed E-state index contributed by atoms with van der Waals surface area (Å²) in [5.41, 5.74) is 0.736. The Morgan fingerprint density at radius 3 is 3.05 bits per heavy atom. The van der Waals surface area contributed by atoms with Crippen molar-refractivity contribution in [2.24, 2.45) is 0 Å². The lowest BCUT2D eigenvalue weighted by molar-refractivity contribution is -0.134. The number of aryl methyl sites for hydroxylation is 1. The molecule has 1 unspecified atom stereocenters.